The monoisotopic (exact) mass is 453 g/mol. The van der Waals surface area contributed by atoms with Gasteiger partial charge in [-0.2, -0.15) is 0 Å². The van der Waals surface area contributed by atoms with Crippen LogP contribution in [0.15, 0.2) is 63.8 Å². The smallest absolute Gasteiger partial charge is 0.290 e. The number of hydrogen-bond acceptors (Lipinski definition) is 5. The van der Waals surface area contributed by atoms with Crippen molar-refractivity contribution < 1.29 is 17.6 Å². The van der Waals surface area contributed by atoms with Gasteiger partial charge in [0.15, 0.2) is 21.0 Å². The lowest BCUT2D eigenvalue weighted by atomic mass is 9.86. The second-order valence-corrected chi connectivity index (χ2v) is 11.6. The Bertz CT molecular complexity index is 1320. The van der Waals surface area contributed by atoms with Crippen LogP contribution in [-0.4, -0.2) is 36.8 Å². The zero-order valence-electron chi connectivity index (χ0n) is 18.5. The van der Waals surface area contributed by atoms with Crippen LogP contribution in [0.3, 0.4) is 0 Å². The summed E-state index contributed by atoms with van der Waals surface area (Å²) in [5.41, 5.74) is 2.09. The van der Waals surface area contributed by atoms with Crippen molar-refractivity contribution in [3.8, 4) is 0 Å². The minimum absolute atomic E-state index is 0.00205. The normalized spacial score (nSPS) is 18.0. The van der Waals surface area contributed by atoms with Crippen LogP contribution < -0.4 is 5.43 Å². The van der Waals surface area contributed by atoms with Crippen molar-refractivity contribution in [2.24, 2.45) is 0 Å². The molecule has 168 valence electrons. The minimum atomic E-state index is -3.20. The highest BCUT2D eigenvalue weighted by atomic mass is 32.2. The van der Waals surface area contributed by atoms with Crippen molar-refractivity contribution in [1.29, 1.82) is 0 Å². The first-order chi connectivity index (χ1) is 15.0. The molecule has 0 bridgehead atoms. The molecule has 7 heteroatoms. The Morgan fingerprint density at radius 3 is 2.41 bits per heavy atom. The molecule has 1 fully saturated rings. The van der Waals surface area contributed by atoms with E-state index >= 15 is 0 Å². The maximum Gasteiger partial charge on any atom is 0.290 e. The molecule has 4 rings (SSSR count). The van der Waals surface area contributed by atoms with Crippen molar-refractivity contribution in [1.82, 2.24) is 4.90 Å². The van der Waals surface area contributed by atoms with Gasteiger partial charge in [0, 0.05) is 18.7 Å². The molecule has 0 radical (unpaired) electrons. The largest absolute Gasteiger partial charge is 0.451 e. The van der Waals surface area contributed by atoms with Crippen LogP contribution in [0.5, 0.6) is 0 Å². The van der Waals surface area contributed by atoms with Gasteiger partial charge in [0.25, 0.3) is 5.91 Å². The van der Waals surface area contributed by atoms with Crippen molar-refractivity contribution in [2.45, 2.75) is 45.2 Å². The second-order valence-electron chi connectivity index (χ2n) is 9.41. The average Bonchev–Trinajstić information content (AvgIpc) is 3.10. The number of amides is 1. The zero-order chi connectivity index (χ0) is 23.1. The van der Waals surface area contributed by atoms with Crippen molar-refractivity contribution in [3.05, 3.63) is 81.7 Å². The number of fused-ring (bicyclic) bond motifs is 1. The molecule has 0 unspecified atom stereocenters. The fraction of sp³-hybridized carbons (Fsp3) is 0.360. The van der Waals surface area contributed by atoms with Gasteiger partial charge in [0.05, 0.1) is 16.9 Å². The predicted octanol–water partition coefficient (Wildman–Crippen LogP) is 3.92. The van der Waals surface area contributed by atoms with Gasteiger partial charge >= 0.3 is 0 Å². The van der Waals surface area contributed by atoms with Gasteiger partial charge < -0.3 is 9.32 Å². The molecule has 1 aromatic heterocycles. The number of carbonyl (C=O) groups excluding carboxylic acids is 1. The third-order valence-electron chi connectivity index (χ3n) is 5.93. The molecule has 0 aliphatic carbocycles. The average molecular weight is 454 g/mol. The Morgan fingerprint density at radius 1 is 1.09 bits per heavy atom. The van der Waals surface area contributed by atoms with Gasteiger partial charge in [0.2, 0.25) is 0 Å². The summed E-state index contributed by atoms with van der Waals surface area (Å²) < 4.78 is 30.0. The standard InChI is InChI=1S/C25H27NO5S/c1-25(2,3)18-10-8-17(9-11-18)15-26(19-12-13-32(29,30)16-19)24(28)23-14-21(27)20-6-4-5-7-22(20)31-23/h4-11,14,19H,12-13,15-16H2,1-3H3/t19-/m1/s1. The van der Waals surface area contributed by atoms with E-state index < -0.39 is 21.8 Å². The van der Waals surface area contributed by atoms with E-state index in [0.29, 0.717) is 17.4 Å². The first kappa shape index (κ1) is 22.3. The quantitative estimate of drug-likeness (QED) is 0.598. The van der Waals surface area contributed by atoms with Gasteiger partial charge in [-0.05, 0) is 35.1 Å². The summed E-state index contributed by atoms with van der Waals surface area (Å²) >= 11 is 0. The lowest BCUT2D eigenvalue weighted by molar-refractivity contribution is 0.0648. The highest BCUT2D eigenvalue weighted by Gasteiger charge is 2.36. The van der Waals surface area contributed by atoms with Gasteiger partial charge in [-0.3, -0.25) is 9.59 Å². The van der Waals surface area contributed by atoms with Crippen molar-refractivity contribution in [2.75, 3.05) is 11.5 Å². The first-order valence-electron chi connectivity index (χ1n) is 10.7. The molecular formula is C25H27NO5S. The number of rotatable bonds is 4. The molecule has 1 aliphatic rings. The van der Waals surface area contributed by atoms with Crippen LogP contribution in [0.25, 0.3) is 11.0 Å². The highest BCUT2D eigenvalue weighted by molar-refractivity contribution is 7.91. The summed E-state index contributed by atoms with van der Waals surface area (Å²) in [6.07, 6.45) is 0.367. The van der Waals surface area contributed by atoms with Crippen LogP contribution in [0.1, 0.15) is 48.9 Å². The predicted molar refractivity (Wildman–Crippen MR) is 125 cm³/mol. The molecule has 2 heterocycles. The highest BCUT2D eigenvalue weighted by Crippen LogP contribution is 2.26. The number of carbonyl (C=O) groups is 1. The minimum Gasteiger partial charge on any atom is -0.451 e. The number of nitrogens with zero attached hydrogens (tertiary/aromatic N) is 1. The SMILES string of the molecule is CC(C)(C)c1ccc(CN(C(=O)c2cc(=O)c3ccccc3o2)[C@@H]2CCS(=O)(=O)C2)cc1. The molecule has 0 N–H and O–H groups in total. The van der Waals surface area contributed by atoms with Gasteiger partial charge in [-0.15, -0.1) is 0 Å². The summed E-state index contributed by atoms with van der Waals surface area (Å²) in [4.78, 5) is 27.5. The van der Waals surface area contributed by atoms with Crippen LogP contribution in [0.2, 0.25) is 0 Å². The second kappa shape index (κ2) is 8.20. The van der Waals surface area contributed by atoms with Crippen molar-refractivity contribution >= 4 is 26.7 Å². The zero-order valence-corrected chi connectivity index (χ0v) is 19.3. The molecule has 1 amide bonds. The van der Waals surface area contributed by atoms with Crippen molar-refractivity contribution in [3.63, 3.8) is 0 Å². The van der Waals surface area contributed by atoms with E-state index in [4.69, 9.17) is 4.42 Å². The lowest BCUT2D eigenvalue weighted by Crippen LogP contribution is -2.41. The maximum atomic E-state index is 13.5. The first-order valence-corrected chi connectivity index (χ1v) is 12.5. The Kier molecular flexibility index (Phi) is 5.71. The Hall–Kier alpha value is -2.93. The van der Waals surface area contributed by atoms with E-state index in [2.05, 4.69) is 20.8 Å². The van der Waals surface area contributed by atoms with Crippen LogP contribution >= 0.6 is 0 Å². The van der Waals surface area contributed by atoms with Gasteiger partial charge in [-0.1, -0.05) is 57.2 Å². The summed E-state index contributed by atoms with van der Waals surface area (Å²) in [6, 6.07) is 15.5. The molecule has 1 aliphatic heterocycles. The van der Waals surface area contributed by atoms with Crippen LogP contribution in [-0.2, 0) is 21.8 Å². The van der Waals surface area contributed by atoms with E-state index in [9.17, 15) is 18.0 Å². The fourth-order valence-electron chi connectivity index (χ4n) is 4.05. The molecule has 0 spiro atoms. The number of para-hydroxylation sites is 1. The number of benzene rings is 2. The summed E-state index contributed by atoms with van der Waals surface area (Å²) in [5.74, 6) is -0.595. The van der Waals surface area contributed by atoms with E-state index in [0.717, 1.165) is 5.56 Å². The Morgan fingerprint density at radius 2 is 1.78 bits per heavy atom. The Labute approximate surface area is 187 Å². The summed E-state index contributed by atoms with van der Waals surface area (Å²) in [7, 11) is -3.20. The maximum absolute atomic E-state index is 13.5. The fourth-order valence-corrected chi connectivity index (χ4v) is 5.78. The lowest BCUT2D eigenvalue weighted by Gasteiger charge is -2.28. The molecule has 1 saturated heterocycles. The number of sulfone groups is 1. The van der Waals surface area contributed by atoms with E-state index in [1.54, 1.807) is 24.3 Å². The molecule has 32 heavy (non-hydrogen) atoms. The topological polar surface area (TPSA) is 84.7 Å². The third kappa shape index (κ3) is 4.63. The van der Waals surface area contributed by atoms with Gasteiger partial charge in [-0.25, -0.2) is 8.42 Å². The van der Waals surface area contributed by atoms with Crippen LogP contribution in [0.4, 0.5) is 0 Å². The Balaban J connectivity index is 1.70. The number of hydrogen-bond donors (Lipinski definition) is 0. The summed E-state index contributed by atoms with van der Waals surface area (Å²) in [5, 5.41) is 0.400. The molecule has 2 aromatic carbocycles. The summed E-state index contributed by atoms with van der Waals surface area (Å²) in [6.45, 7) is 6.62. The molecular weight excluding hydrogens is 426 g/mol. The van der Waals surface area contributed by atoms with E-state index in [1.807, 2.05) is 24.3 Å². The third-order valence-corrected chi connectivity index (χ3v) is 7.68. The van der Waals surface area contributed by atoms with E-state index in [-0.39, 0.29) is 34.7 Å². The van der Waals surface area contributed by atoms with Gasteiger partial charge in [0.1, 0.15) is 5.58 Å². The molecule has 0 saturated carbocycles. The molecule has 1 atom stereocenters. The molecule has 6 nitrogen and oxygen atoms in total. The van der Waals surface area contributed by atoms with Crippen LogP contribution in [0, 0.1) is 0 Å². The van der Waals surface area contributed by atoms with E-state index in [1.165, 1.54) is 16.5 Å². The molecule has 3 aromatic rings.